The molecule has 1 aromatic carbocycles. The van der Waals surface area contributed by atoms with Crippen LogP contribution in [-0.4, -0.2) is 39.7 Å². The Kier molecular flexibility index (Phi) is 7.43. The number of nitrogens with two attached hydrogens (primary N) is 1. The molecule has 0 amide bonds. The highest BCUT2D eigenvalue weighted by atomic mass is 16.5. The van der Waals surface area contributed by atoms with Gasteiger partial charge in [-0.3, -0.25) is 4.57 Å². The summed E-state index contributed by atoms with van der Waals surface area (Å²) in [5, 5.41) is 12.9. The number of aromatic nitrogens is 2. The lowest BCUT2D eigenvalue weighted by atomic mass is 10.1. The molecule has 7 heteroatoms. The Hall–Kier alpha value is -2.64. The van der Waals surface area contributed by atoms with E-state index in [1.54, 1.807) is 0 Å². The molecule has 0 bridgehead atoms. The number of benzene rings is 1. The third-order valence-corrected chi connectivity index (χ3v) is 5.22. The van der Waals surface area contributed by atoms with E-state index >= 15 is 0 Å². The average Bonchev–Trinajstić information content (AvgIpc) is 3.33. The number of imidazole rings is 1. The zero-order valence-corrected chi connectivity index (χ0v) is 17.1. The third-order valence-electron chi connectivity index (χ3n) is 5.22. The quantitative estimate of drug-likeness (QED) is 0.325. The van der Waals surface area contributed by atoms with Gasteiger partial charge in [-0.2, -0.15) is 0 Å². The number of rotatable bonds is 10. The molecule has 1 fully saturated rings. The van der Waals surface area contributed by atoms with Crippen molar-refractivity contribution < 1.29 is 9.84 Å². The van der Waals surface area contributed by atoms with Gasteiger partial charge in [0.1, 0.15) is 11.9 Å². The Labute approximate surface area is 172 Å². The molecule has 1 saturated heterocycles. The first-order valence-corrected chi connectivity index (χ1v) is 10.2. The van der Waals surface area contributed by atoms with Crippen LogP contribution in [0.4, 0.5) is 5.95 Å². The van der Waals surface area contributed by atoms with Crippen LogP contribution in [0, 0.1) is 6.92 Å². The highest BCUT2D eigenvalue weighted by molar-refractivity contribution is 5.97. The van der Waals surface area contributed by atoms with E-state index in [1.165, 1.54) is 11.8 Å². The molecule has 156 valence electrons. The van der Waals surface area contributed by atoms with Crippen LogP contribution in [0.1, 0.15) is 48.9 Å². The molecule has 2 unspecified atom stereocenters. The van der Waals surface area contributed by atoms with Gasteiger partial charge in [0.05, 0.1) is 18.4 Å². The maximum Gasteiger partial charge on any atom is 0.205 e. The smallest absolute Gasteiger partial charge is 0.205 e. The first kappa shape index (κ1) is 21.1. The van der Waals surface area contributed by atoms with Crippen molar-refractivity contribution in [3.63, 3.8) is 0 Å². The second-order valence-corrected chi connectivity index (χ2v) is 7.28. The van der Waals surface area contributed by atoms with E-state index in [1.807, 2.05) is 17.6 Å². The largest absolute Gasteiger partial charge is 0.394 e. The summed E-state index contributed by atoms with van der Waals surface area (Å²) in [5.41, 5.74) is 8.96. The maximum atomic E-state index is 9.41. The molecular weight excluding hydrogens is 366 g/mol. The van der Waals surface area contributed by atoms with E-state index < -0.39 is 0 Å². The molecule has 4 N–H and O–H groups in total. The summed E-state index contributed by atoms with van der Waals surface area (Å²) in [6, 6.07) is 10.5. The highest BCUT2D eigenvalue weighted by Gasteiger charge is 2.30. The molecule has 2 aromatic rings. The summed E-state index contributed by atoms with van der Waals surface area (Å²) in [4.78, 5) is 8.77. The number of nitrogens with zero attached hydrogens (tertiary/aromatic N) is 3. The third kappa shape index (κ3) is 5.25. The predicted molar refractivity (Wildman–Crippen MR) is 116 cm³/mol. The number of ether oxygens (including phenoxy) is 1. The molecule has 0 radical (unpaired) electrons. The summed E-state index contributed by atoms with van der Waals surface area (Å²) < 4.78 is 8.02. The number of aryl methyl sites for hydroxylation is 1. The zero-order chi connectivity index (χ0) is 20.6. The van der Waals surface area contributed by atoms with Crippen molar-refractivity contribution in [2.45, 2.75) is 51.4 Å². The van der Waals surface area contributed by atoms with Crippen molar-refractivity contribution in [1.82, 2.24) is 9.55 Å². The van der Waals surface area contributed by atoms with Crippen LogP contribution < -0.4 is 11.1 Å². The number of amidine groups is 1. The summed E-state index contributed by atoms with van der Waals surface area (Å²) >= 11 is 0. The zero-order valence-electron chi connectivity index (χ0n) is 17.1. The summed E-state index contributed by atoms with van der Waals surface area (Å²) in [6.07, 6.45) is 5.93. The maximum absolute atomic E-state index is 9.41. The fraction of sp³-hybridized carbons (Fsp3) is 0.455. The number of aliphatic hydroxyl groups is 1. The second kappa shape index (κ2) is 10.2. The number of nitrogens with one attached hydrogen (secondary N) is 1. The molecule has 1 aliphatic heterocycles. The van der Waals surface area contributed by atoms with Gasteiger partial charge in [0.2, 0.25) is 5.95 Å². The van der Waals surface area contributed by atoms with Gasteiger partial charge in [-0.15, -0.1) is 0 Å². The van der Waals surface area contributed by atoms with Crippen LogP contribution >= 0.6 is 0 Å². The minimum Gasteiger partial charge on any atom is -0.394 e. The molecule has 1 aromatic heterocycles. The van der Waals surface area contributed by atoms with Gasteiger partial charge in [-0.25, -0.2) is 9.98 Å². The molecule has 2 atom stereocenters. The van der Waals surface area contributed by atoms with Crippen LogP contribution in [0.5, 0.6) is 0 Å². The van der Waals surface area contributed by atoms with Crippen molar-refractivity contribution in [2.24, 2.45) is 10.7 Å². The summed E-state index contributed by atoms with van der Waals surface area (Å²) in [5.74, 6) is 1.06. The van der Waals surface area contributed by atoms with Crippen molar-refractivity contribution in [1.29, 1.82) is 0 Å². The molecule has 0 aliphatic carbocycles. The Morgan fingerprint density at radius 2 is 2.17 bits per heavy atom. The predicted octanol–water partition coefficient (Wildman–Crippen LogP) is 3.15. The molecule has 29 heavy (non-hydrogen) atoms. The van der Waals surface area contributed by atoms with Gasteiger partial charge < -0.3 is 20.9 Å². The normalized spacial score (nSPS) is 19.4. The van der Waals surface area contributed by atoms with Crippen LogP contribution in [0.2, 0.25) is 0 Å². The van der Waals surface area contributed by atoms with Crippen molar-refractivity contribution in [3.8, 4) is 0 Å². The SMILES string of the molecule is C=CN=C(N)c1nc(NCCCCc2ccccc2)n(C2CCC(CO)O2)c1C. The summed E-state index contributed by atoms with van der Waals surface area (Å²) in [6.45, 7) is 6.40. The molecule has 0 spiro atoms. The van der Waals surface area contributed by atoms with Crippen LogP contribution in [0.25, 0.3) is 0 Å². The minimum absolute atomic E-state index is 0.0272. The number of hydrogen-bond donors (Lipinski definition) is 3. The van der Waals surface area contributed by atoms with E-state index in [0.29, 0.717) is 11.5 Å². The van der Waals surface area contributed by atoms with E-state index in [2.05, 4.69) is 46.1 Å². The molecule has 0 saturated carbocycles. The highest BCUT2D eigenvalue weighted by Crippen LogP contribution is 2.33. The average molecular weight is 398 g/mol. The standard InChI is InChI=1S/C22H31N5O2/c1-3-24-21(23)20-16(2)27(19-13-12-18(15-28)29-19)22(26-20)25-14-8-7-11-17-9-5-4-6-10-17/h3-6,9-10,18-19,28H,1,7-8,11-15H2,2H3,(H2,23,24)(H,25,26). The van der Waals surface area contributed by atoms with Crippen LogP contribution in [0.3, 0.4) is 0 Å². The van der Waals surface area contributed by atoms with Gasteiger partial charge in [-0.1, -0.05) is 36.9 Å². The van der Waals surface area contributed by atoms with Gasteiger partial charge in [0.15, 0.2) is 5.84 Å². The lowest BCUT2D eigenvalue weighted by Gasteiger charge is -2.19. The number of unbranched alkanes of at least 4 members (excludes halogenated alkanes) is 1. The lowest BCUT2D eigenvalue weighted by Crippen LogP contribution is -2.18. The number of hydrogen-bond acceptors (Lipinski definition) is 5. The summed E-state index contributed by atoms with van der Waals surface area (Å²) in [7, 11) is 0. The molecule has 2 heterocycles. The number of aliphatic imine (C=N–C) groups is 1. The first-order chi connectivity index (χ1) is 14.1. The monoisotopic (exact) mass is 397 g/mol. The molecule has 1 aliphatic rings. The minimum atomic E-state index is -0.170. The van der Waals surface area contributed by atoms with E-state index in [4.69, 9.17) is 10.5 Å². The number of anilines is 1. The van der Waals surface area contributed by atoms with Crippen molar-refractivity contribution in [3.05, 3.63) is 60.1 Å². The topological polar surface area (TPSA) is 97.7 Å². The van der Waals surface area contributed by atoms with Crippen LogP contribution in [-0.2, 0) is 11.2 Å². The number of aliphatic hydroxyl groups excluding tert-OH is 1. The van der Waals surface area contributed by atoms with Crippen molar-refractivity contribution in [2.75, 3.05) is 18.5 Å². The Balaban J connectivity index is 1.68. The van der Waals surface area contributed by atoms with E-state index in [0.717, 1.165) is 50.3 Å². The van der Waals surface area contributed by atoms with Gasteiger partial charge in [0, 0.05) is 12.7 Å². The van der Waals surface area contributed by atoms with Crippen LogP contribution in [0.15, 0.2) is 48.1 Å². The molecule has 3 rings (SSSR count). The Morgan fingerprint density at radius 1 is 1.38 bits per heavy atom. The van der Waals surface area contributed by atoms with E-state index in [-0.39, 0.29) is 18.9 Å². The fourth-order valence-electron chi connectivity index (χ4n) is 3.70. The van der Waals surface area contributed by atoms with Gasteiger partial charge in [-0.05, 0) is 44.6 Å². The van der Waals surface area contributed by atoms with Crippen molar-refractivity contribution >= 4 is 11.8 Å². The lowest BCUT2D eigenvalue weighted by molar-refractivity contribution is -0.0222. The van der Waals surface area contributed by atoms with E-state index in [9.17, 15) is 5.11 Å². The molecular formula is C22H31N5O2. The Morgan fingerprint density at radius 3 is 2.86 bits per heavy atom. The Bertz CT molecular complexity index is 831. The second-order valence-electron chi connectivity index (χ2n) is 7.28. The fourth-order valence-corrected chi connectivity index (χ4v) is 3.70. The van der Waals surface area contributed by atoms with Gasteiger partial charge >= 0.3 is 0 Å². The molecule has 7 nitrogen and oxygen atoms in total. The van der Waals surface area contributed by atoms with Gasteiger partial charge in [0.25, 0.3) is 0 Å². The first-order valence-electron chi connectivity index (χ1n) is 10.2.